The first-order chi connectivity index (χ1) is 11.1. The van der Waals surface area contributed by atoms with E-state index in [2.05, 4.69) is 4.90 Å². The van der Waals surface area contributed by atoms with Crippen molar-refractivity contribution in [1.82, 2.24) is 9.47 Å². The van der Waals surface area contributed by atoms with Crippen LogP contribution in [0.25, 0.3) is 11.8 Å². The Kier molecular flexibility index (Phi) is 4.19. The molecule has 1 fully saturated rings. The maximum atomic E-state index is 11.5. The largest absolute Gasteiger partial charge is 0.377 e. The third-order valence-electron chi connectivity index (χ3n) is 4.35. The number of hydrogen-bond acceptors (Lipinski definition) is 3. The summed E-state index contributed by atoms with van der Waals surface area (Å²) < 4.78 is 2.03. The Morgan fingerprint density at radius 1 is 1.09 bits per heavy atom. The van der Waals surface area contributed by atoms with Gasteiger partial charge in [-0.3, -0.25) is 10.1 Å². The lowest BCUT2D eigenvalue weighted by atomic mass is 10.1. The molecule has 5 nitrogen and oxygen atoms in total. The van der Waals surface area contributed by atoms with Crippen molar-refractivity contribution in [2.24, 2.45) is 0 Å². The first-order valence-electron chi connectivity index (χ1n) is 7.92. The third kappa shape index (κ3) is 3.13. The minimum atomic E-state index is -0.304. The molecule has 1 aliphatic rings. The van der Waals surface area contributed by atoms with Gasteiger partial charge in [0, 0.05) is 30.5 Å². The molecule has 23 heavy (non-hydrogen) atoms. The predicted molar refractivity (Wildman–Crippen MR) is 91.7 cm³/mol. The van der Waals surface area contributed by atoms with Crippen LogP contribution in [0.2, 0.25) is 0 Å². The van der Waals surface area contributed by atoms with Gasteiger partial charge < -0.3 is 9.47 Å². The van der Waals surface area contributed by atoms with Crippen molar-refractivity contribution in [2.75, 3.05) is 13.1 Å². The van der Waals surface area contributed by atoms with E-state index in [0.29, 0.717) is 5.56 Å². The van der Waals surface area contributed by atoms with Crippen molar-refractivity contribution in [2.45, 2.75) is 26.7 Å². The molecule has 120 valence electrons. The van der Waals surface area contributed by atoms with E-state index in [0.717, 1.165) is 30.2 Å². The topological polar surface area (TPSA) is 51.3 Å². The number of benzene rings is 1. The Morgan fingerprint density at radius 3 is 2.35 bits per heavy atom. The Morgan fingerprint density at radius 2 is 1.74 bits per heavy atom. The molecule has 5 heteroatoms. The van der Waals surface area contributed by atoms with Gasteiger partial charge in [-0.2, -0.15) is 0 Å². The number of aryl methyl sites for hydroxylation is 2. The molecule has 2 heterocycles. The summed E-state index contributed by atoms with van der Waals surface area (Å²) in [4.78, 5) is 13.4. The Bertz CT molecular complexity index is 736. The maximum Gasteiger partial charge on any atom is 0.278 e. The van der Waals surface area contributed by atoms with Gasteiger partial charge in [0.1, 0.15) is 0 Å². The molecule has 0 saturated carbocycles. The Labute approximate surface area is 136 Å². The average Bonchev–Trinajstić information content (AvgIpc) is 3.15. The zero-order chi connectivity index (χ0) is 16.4. The first kappa shape index (κ1) is 15.3. The number of hydrogen-bond donors (Lipinski definition) is 0. The van der Waals surface area contributed by atoms with Gasteiger partial charge in [0.15, 0.2) is 0 Å². The molecule has 0 N–H and O–H groups in total. The molecular weight excluding hydrogens is 290 g/mol. The minimum absolute atomic E-state index is 0.144. The highest BCUT2D eigenvalue weighted by Gasteiger charge is 2.15. The van der Waals surface area contributed by atoms with Crippen molar-refractivity contribution in [3.63, 3.8) is 0 Å². The second-order valence-electron chi connectivity index (χ2n) is 6.01. The van der Waals surface area contributed by atoms with E-state index in [1.807, 2.05) is 55.0 Å². The molecule has 0 amide bonds. The fraction of sp³-hybridized carbons (Fsp3) is 0.333. The average molecular weight is 311 g/mol. The molecule has 3 rings (SSSR count). The van der Waals surface area contributed by atoms with E-state index in [-0.39, 0.29) is 10.6 Å². The molecule has 2 aromatic rings. The molecule has 0 bridgehead atoms. The predicted octanol–water partition coefficient (Wildman–Crippen LogP) is 4.07. The Balaban J connectivity index is 1.97. The lowest BCUT2D eigenvalue weighted by Gasteiger charge is -2.12. The van der Waals surface area contributed by atoms with Crippen molar-refractivity contribution in [3.8, 4) is 5.69 Å². The van der Waals surface area contributed by atoms with Crippen LogP contribution in [-0.4, -0.2) is 27.5 Å². The summed E-state index contributed by atoms with van der Waals surface area (Å²) in [6, 6.07) is 9.46. The third-order valence-corrected chi connectivity index (χ3v) is 4.35. The zero-order valence-corrected chi connectivity index (χ0v) is 13.5. The van der Waals surface area contributed by atoms with Crippen molar-refractivity contribution >= 4 is 11.8 Å². The van der Waals surface area contributed by atoms with Crippen LogP contribution < -0.4 is 0 Å². The van der Waals surface area contributed by atoms with Gasteiger partial charge >= 0.3 is 0 Å². The van der Waals surface area contributed by atoms with E-state index in [4.69, 9.17) is 0 Å². The van der Waals surface area contributed by atoms with Crippen LogP contribution in [0.4, 0.5) is 5.69 Å². The molecule has 1 aromatic carbocycles. The van der Waals surface area contributed by atoms with Gasteiger partial charge in [0.2, 0.25) is 0 Å². The van der Waals surface area contributed by atoms with Crippen molar-refractivity contribution < 1.29 is 4.92 Å². The molecule has 0 radical (unpaired) electrons. The summed E-state index contributed by atoms with van der Waals surface area (Å²) in [6.07, 6.45) is 6.21. The number of nitro benzene ring substituents is 1. The molecule has 1 saturated heterocycles. The Hall–Kier alpha value is -2.56. The molecule has 0 unspecified atom stereocenters. The van der Waals surface area contributed by atoms with E-state index in [9.17, 15) is 10.1 Å². The first-order valence-corrected chi connectivity index (χ1v) is 7.92. The SMILES string of the molecule is Cc1ccc(C)n1-c1ccc(/C=C/N2CCCC2)c([N+](=O)[O-])c1. The highest BCUT2D eigenvalue weighted by molar-refractivity contribution is 5.64. The minimum Gasteiger partial charge on any atom is -0.377 e. The lowest BCUT2D eigenvalue weighted by Crippen LogP contribution is -2.10. The zero-order valence-electron chi connectivity index (χ0n) is 13.5. The van der Waals surface area contributed by atoms with Crippen molar-refractivity contribution in [3.05, 3.63) is 63.6 Å². The van der Waals surface area contributed by atoms with Gasteiger partial charge in [-0.05, 0) is 63.2 Å². The van der Waals surface area contributed by atoms with Gasteiger partial charge in [-0.15, -0.1) is 0 Å². The van der Waals surface area contributed by atoms with E-state index in [1.54, 1.807) is 6.07 Å². The number of rotatable bonds is 4. The van der Waals surface area contributed by atoms with Crippen LogP contribution in [0.5, 0.6) is 0 Å². The highest BCUT2D eigenvalue weighted by Crippen LogP contribution is 2.26. The number of nitro groups is 1. The summed E-state index contributed by atoms with van der Waals surface area (Å²) in [5, 5.41) is 11.5. The smallest absolute Gasteiger partial charge is 0.278 e. The van der Waals surface area contributed by atoms with Gasteiger partial charge in [0.05, 0.1) is 16.2 Å². The summed E-state index contributed by atoms with van der Waals surface area (Å²) in [6.45, 7) is 6.06. The normalized spacial score (nSPS) is 14.8. The number of aromatic nitrogens is 1. The maximum absolute atomic E-state index is 11.5. The lowest BCUT2D eigenvalue weighted by molar-refractivity contribution is -0.385. The van der Waals surface area contributed by atoms with Crippen LogP contribution in [0.1, 0.15) is 29.8 Å². The standard InChI is InChI=1S/C18H21N3O2/c1-14-5-6-15(2)20(14)17-8-7-16(18(13-17)21(22)23)9-12-19-10-3-4-11-19/h5-9,12-13H,3-4,10-11H2,1-2H3/b12-9+. The van der Waals surface area contributed by atoms with Crippen LogP contribution in [-0.2, 0) is 0 Å². The summed E-state index contributed by atoms with van der Waals surface area (Å²) in [5.41, 5.74) is 3.75. The monoisotopic (exact) mass is 311 g/mol. The van der Waals surface area contributed by atoms with E-state index in [1.165, 1.54) is 12.8 Å². The number of nitrogens with zero attached hydrogens (tertiary/aromatic N) is 3. The summed E-state index contributed by atoms with van der Waals surface area (Å²) in [5.74, 6) is 0. The fourth-order valence-electron chi connectivity index (χ4n) is 3.12. The van der Waals surface area contributed by atoms with Crippen LogP contribution in [0.3, 0.4) is 0 Å². The van der Waals surface area contributed by atoms with Crippen LogP contribution >= 0.6 is 0 Å². The molecule has 0 atom stereocenters. The van der Waals surface area contributed by atoms with Gasteiger partial charge in [-0.1, -0.05) is 0 Å². The van der Waals surface area contributed by atoms with Crippen molar-refractivity contribution in [1.29, 1.82) is 0 Å². The highest BCUT2D eigenvalue weighted by atomic mass is 16.6. The second-order valence-corrected chi connectivity index (χ2v) is 6.01. The summed E-state index contributed by atoms with van der Waals surface area (Å²) >= 11 is 0. The van der Waals surface area contributed by atoms with E-state index >= 15 is 0 Å². The van der Waals surface area contributed by atoms with Gasteiger partial charge in [-0.25, -0.2) is 0 Å². The molecule has 1 aromatic heterocycles. The fourth-order valence-corrected chi connectivity index (χ4v) is 3.12. The number of likely N-dealkylation sites (tertiary alicyclic amines) is 1. The van der Waals surface area contributed by atoms with Crippen LogP contribution in [0.15, 0.2) is 36.5 Å². The molecule has 1 aliphatic heterocycles. The second kappa shape index (κ2) is 6.28. The molecule has 0 aliphatic carbocycles. The quantitative estimate of drug-likeness (QED) is 0.632. The molecular formula is C18H21N3O2. The van der Waals surface area contributed by atoms with E-state index < -0.39 is 0 Å². The van der Waals surface area contributed by atoms with Crippen LogP contribution in [0, 0.1) is 24.0 Å². The van der Waals surface area contributed by atoms with Gasteiger partial charge in [0.25, 0.3) is 5.69 Å². The molecule has 0 spiro atoms. The summed E-state index contributed by atoms with van der Waals surface area (Å²) in [7, 11) is 0.